The molecule has 8 nitrogen and oxygen atoms in total. The van der Waals surface area contributed by atoms with Crippen LogP contribution in [0.1, 0.15) is 89.5 Å². The van der Waals surface area contributed by atoms with Crippen molar-refractivity contribution in [3.8, 4) is 5.75 Å². The molecular formula is C29H44N2O6S. The first-order valence-corrected chi connectivity index (χ1v) is 15.1. The summed E-state index contributed by atoms with van der Waals surface area (Å²) in [6.45, 7) is 2.06. The van der Waals surface area contributed by atoms with Crippen LogP contribution in [0.5, 0.6) is 5.75 Å². The maximum Gasteiger partial charge on any atom is 0.407 e. The molecule has 0 radical (unpaired) electrons. The second-order valence-electron chi connectivity index (χ2n) is 10.3. The van der Waals surface area contributed by atoms with Crippen molar-refractivity contribution in [1.82, 2.24) is 10.4 Å². The molecule has 1 atom stereocenters. The number of nitrogens with one attached hydrogen (secondary N) is 1. The first kappa shape index (κ1) is 30.3. The van der Waals surface area contributed by atoms with E-state index in [1.165, 1.54) is 45.4 Å². The zero-order chi connectivity index (χ0) is 27.2. The second-order valence-corrected chi connectivity index (χ2v) is 11.5. The van der Waals surface area contributed by atoms with E-state index in [1.807, 2.05) is 29.3 Å². The largest absolute Gasteiger partial charge is 0.497 e. The van der Waals surface area contributed by atoms with Crippen LogP contribution in [0, 0.1) is 5.92 Å². The average molecular weight is 549 g/mol. The summed E-state index contributed by atoms with van der Waals surface area (Å²) in [5.74, 6) is 0.474. The van der Waals surface area contributed by atoms with Gasteiger partial charge in [0.15, 0.2) is 5.12 Å². The molecule has 38 heavy (non-hydrogen) atoms. The van der Waals surface area contributed by atoms with Crippen LogP contribution in [-0.4, -0.2) is 53.7 Å². The minimum Gasteiger partial charge on any atom is -0.497 e. The van der Waals surface area contributed by atoms with Crippen molar-refractivity contribution in [2.45, 2.75) is 103 Å². The standard InChI is InChI=1S/C29H44N2O6S/c1-22(32)38-21-24(10-9-19-30-29(34)36-20-23-15-17-27(35-2)18-16-23)28(33)37-31(25-11-5-3-6-12-25)26-13-7-4-8-14-26/h15-18,24-26H,3-14,19-21H2,1-2H3,(H,30,34). The van der Waals surface area contributed by atoms with E-state index in [2.05, 4.69) is 5.32 Å². The van der Waals surface area contributed by atoms with Gasteiger partial charge in [-0.1, -0.05) is 62.4 Å². The molecule has 1 N–H and O–H groups in total. The Kier molecular flexibility index (Phi) is 13.3. The number of amides is 1. The molecule has 3 rings (SSSR count). The SMILES string of the molecule is COc1ccc(COC(=O)NCCCC(CSC(C)=O)C(=O)ON(C2CCCCC2)C2CCCCC2)cc1. The maximum atomic E-state index is 13.4. The number of carbonyl (C=O) groups excluding carboxylic acids is 3. The number of alkyl carbamates (subject to hydrolysis) is 1. The highest BCUT2D eigenvalue weighted by Crippen LogP contribution is 2.31. The molecule has 1 unspecified atom stereocenters. The van der Waals surface area contributed by atoms with E-state index in [-0.39, 0.29) is 17.7 Å². The Labute approximate surface area is 231 Å². The van der Waals surface area contributed by atoms with Gasteiger partial charge in [-0.15, -0.1) is 5.06 Å². The fourth-order valence-electron chi connectivity index (χ4n) is 5.24. The number of nitrogens with zero attached hydrogens (tertiary/aromatic N) is 1. The number of hydrogen-bond acceptors (Lipinski definition) is 8. The third kappa shape index (κ3) is 10.5. The number of ether oxygens (including phenoxy) is 2. The molecular weight excluding hydrogens is 504 g/mol. The fourth-order valence-corrected chi connectivity index (χ4v) is 5.98. The van der Waals surface area contributed by atoms with E-state index in [1.54, 1.807) is 7.11 Å². The second kappa shape index (κ2) is 16.6. The third-order valence-electron chi connectivity index (χ3n) is 7.41. The van der Waals surface area contributed by atoms with Gasteiger partial charge >= 0.3 is 12.1 Å². The Hall–Kier alpha value is -2.26. The van der Waals surface area contributed by atoms with E-state index in [0.29, 0.717) is 37.2 Å². The number of methoxy groups -OCH3 is 1. The van der Waals surface area contributed by atoms with Crippen LogP contribution in [0.15, 0.2) is 24.3 Å². The first-order valence-electron chi connectivity index (χ1n) is 14.1. The minimum absolute atomic E-state index is 0.0144. The lowest BCUT2D eigenvalue weighted by molar-refractivity contribution is -0.226. The van der Waals surface area contributed by atoms with Crippen LogP contribution >= 0.6 is 11.8 Å². The summed E-state index contributed by atoms with van der Waals surface area (Å²) in [4.78, 5) is 43.3. The van der Waals surface area contributed by atoms with Gasteiger partial charge < -0.3 is 19.6 Å². The van der Waals surface area contributed by atoms with Gasteiger partial charge in [0, 0.05) is 31.3 Å². The Balaban J connectivity index is 1.48. The van der Waals surface area contributed by atoms with E-state index in [0.717, 1.165) is 48.8 Å². The van der Waals surface area contributed by atoms with Crippen molar-refractivity contribution in [3.05, 3.63) is 29.8 Å². The van der Waals surface area contributed by atoms with Gasteiger partial charge in [-0.2, -0.15) is 0 Å². The predicted molar refractivity (Wildman–Crippen MR) is 149 cm³/mol. The molecule has 0 bridgehead atoms. The summed E-state index contributed by atoms with van der Waals surface area (Å²) in [7, 11) is 1.60. The smallest absolute Gasteiger partial charge is 0.407 e. The van der Waals surface area contributed by atoms with Gasteiger partial charge in [-0.25, -0.2) is 4.79 Å². The number of rotatable bonds is 13. The molecule has 212 valence electrons. The van der Waals surface area contributed by atoms with Crippen LogP contribution in [-0.2, 0) is 25.8 Å². The van der Waals surface area contributed by atoms with Crippen LogP contribution in [0.3, 0.4) is 0 Å². The van der Waals surface area contributed by atoms with Gasteiger partial charge in [0.2, 0.25) is 0 Å². The number of thioether (sulfide) groups is 1. The van der Waals surface area contributed by atoms with Crippen LogP contribution in [0.4, 0.5) is 4.79 Å². The molecule has 1 amide bonds. The van der Waals surface area contributed by atoms with Crippen molar-refractivity contribution in [2.75, 3.05) is 19.4 Å². The van der Waals surface area contributed by atoms with Crippen molar-refractivity contribution >= 4 is 28.9 Å². The summed E-state index contributed by atoms with van der Waals surface area (Å²) < 4.78 is 10.4. The van der Waals surface area contributed by atoms with Crippen molar-refractivity contribution in [3.63, 3.8) is 0 Å². The zero-order valence-electron chi connectivity index (χ0n) is 23.0. The Morgan fingerprint density at radius 2 is 1.58 bits per heavy atom. The van der Waals surface area contributed by atoms with Gasteiger partial charge in [0.05, 0.1) is 13.0 Å². The molecule has 2 aliphatic carbocycles. The molecule has 0 saturated heterocycles. The summed E-state index contributed by atoms with van der Waals surface area (Å²) in [6, 6.07) is 7.91. The number of benzene rings is 1. The summed E-state index contributed by atoms with van der Waals surface area (Å²) >= 11 is 1.16. The summed E-state index contributed by atoms with van der Waals surface area (Å²) in [6.07, 6.45) is 12.1. The lowest BCUT2D eigenvalue weighted by atomic mass is 9.90. The molecule has 0 heterocycles. The normalized spacial score (nSPS) is 17.6. The molecule has 1 aromatic carbocycles. The maximum absolute atomic E-state index is 13.4. The lowest BCUT2D eigenvalue weighted by Crippen LogP contribution is -2.47. The topological polar surface area (TPSA) is 94.2 Å². The van der Waals surface area contributed by atoms with Gasteiger partial charge in [-0.05, 0) is 56.2 Å². The number of hydrogen-bond donors (Lipinski definition) is 1. The molecule has 1 aromatic rings. The molecule has 2 fully saturated rings. The quantitative estimate of drug-likeness (QED) is 0.236. The number of hydroxylamine groups is 2. The van der Waals surface area contributed by atoms with Crippen LogP contribution in [0.25, 0.3) is 0 Å². The van der Waals surface area contributed by atoms with Gasteiger partial charge in [0.25, 0.3) is 0 Å². The predicted octanol–water partition coefficient (Wildman–Crippen LogP) is 6.02. The summed E-state index contributed by atoms with van der Waals surface area (Å²) in [5, 5.41) is 4.78. The highest BCUT2D eigenvalue weighted by atomic mass is 32.2. The molecule has 2 saturated carbocycles. The van der Waals surface area contributed by atoms with Crippen molar-refractivity contribution < 1.29 is 28.7 Å². The monoisotopic (exact) mass is 548 g/mol. The van der Waals surface area contributed by atoms with E-state index in [9.17, 15) is 14.4 Å². The highest BCUT2D eigenvalue weighted by molar-refractivity contribution is 8.13. The third-order valence-corrected chi connectivity index (χ3v) is 8.39. The van der Waals surface area contributed by atoms with Crippen LogP contribution < -0.4 is 10.1 Å². The van der Waals surface area contributed by atoms with E-state index >= 15 is 0 Å². The van der Waals surface area contributed by atoms with E-state index in [4.69, 9.17) is 14.3 Å². The summed E-state index contributed by atoms with van der Waals surface area (Å²) in [5.41, 5.74) is 0.866. The Morgan fingerprint density at radius 1 is 0.974 bits per heavy atom. The van der Waals surface area contributed by atoms with Gasteiger partial charge in [-0.3, -0.25) is 9.59 Å². The minimum atomic E-state index is -0.501. The van der Waals surface area contributed by atoms with Crippen molar-refractivity contribution in [1.29, 1.82) is 0 Å². The zero-order valence-corrected chi connectivity index (χ0v) is 23.8. The van der Waals surface area contributed by atoms with Crippen molar-refractivity contribution in [2.24, 2.45) is 5.92 Å². The first-order chi connectivity index (χ1) is 18.5. The van der Waals surface area contributed by atoms with Gasteiger partial charge in [0.1, 0.15) is 12.4 Å². The Bertz CT molecular complexity index is 850. The van der Waals surface area contributed by atoms with E-state index < -0.39 is 12.0 Å². The molecule has 9 heteroatoms. The molecule has 2 aliphatic rings. The Morgan fingerprint density at radius 3 is 2.13 bits per heavy atom. The highest BCUT2D eigenvalue weighted by Gasteiger charge is 2.34. The molecule has 0 aliphatic heterocycles. The van der Waals surface area contributed by atoms with Crippen LogP contribution in [0.2, 0.25) is 0 Å². The molecule has 0 spiro atoms. The lowest BCUT2D eigenvalue weighted by Gasteiger charge is -2.40. The average Bonchev–Trinajstić information content (AvgIpc) is 2.95. The molecule has 0 aromatic heterocycles. The fraction of sp³-hybridized carbons (Fsp3) is 0.690. The number of carbonyl (C=O) groups is 3.